The molecular weight excluding hydrogens is 82.9 g/mol. The molecule has 0 aromatic heterocycles. The lowest BCUT2D eigenvalue weighted by molar-refractivity contribution is 1.18. The molecule has 2 aliphatic rings. The van der Waals surface area contributed by atoms with Gasteiger partial charge in [-0.05, 0) is 0 Å². The van der Waals surface area contributed by atoms with Gasteiger partial charge in [-0.1, -0.05) is 35.9 Å². The van der Waals surface area contributed by atoms with Gasteiger partial charge in [0, 0.05) is 0 Å². The molecule has 0 spiro atoms. The van der Waals surface area contributed by atoms with Crippen LogP contribution in [-0.4, -0.2) is 7.28 Å². The molecule has 1 heteroatoms. The first-order chi connectivity index (χ1) is 3.47. The van der Waals surface area contributed by atoms with Crippen LogP contribution in [0.1, 0.15) is 0 Å². The van der Waals surface area contributed by atoms with E-state index in [1.807, 2.05) is 0 Å². The minimum Gasteiger partial charge on any atom is -0.0895 e. The maximum Gasteiger partial charge on any atom is 0.127 e. The van der Waals surface area contributed by atoms with Crippen molar-refractivity contribution in [3.63, 3.8) is 0 Å². The molecule has 1 aliphatic carbocycles. The summed E-state index contributed by atoms with van der Waals surface area (Å²) >= 11 is 0. The zero-order chi connectivity index (χ0) is 4.69. The molecule has 2 atom stereocenters. The molecule has 1 aliphatic heterocycles. The molecule has 2 unspecified atom stereocenters. The Morgan fingerprint density at radius 1 is 1.00 bits per heavy atom. The van der Waals surface area contributed by atoms with Crippen LogP contribution in [0.15, 0.2) is 24.3 Å². The molecule has 0 aromatic rings. The summed E-state index contributed by atoms with van der Waals surface area (Å²) < 4.78 is 0. The van der Waals surface area contributed by atoms with Crippen LogP contribution in [0.5, 0.6) is 0 Å². The van der Waals surface area contributed by atoms with Gasteiger partial charge in [-0.3, -0.25) is 0 Å². The maximum atomic E-state index is 2.33. The molecule has 0 amide bonds. The van der Waals surface area contributed by atoms with Crippen LogP contribution in [0.2, 0.25) is 11.6 Å². The first-order valence-electron chi connectivity index (χ1n) is 2.67. The summed E-state index contributed by atoms with van der Waals surface area (Å²) in [6, 6.07) is 0. The fourth-order valence-corrected chi connectivity index (χ4v) is 0.962. The fourth-order valence-electron chi connectivity index (χ4n) is 0.962. The third-order valence-electron chi connectivity index (χ3n) is 1.53. The summed E-state index contributed by atoms with van der Waals surface area (Å²) in [6.07, 6.45) is 8.71. The fraction of sp³-hybridized carbons (Fsp3) is 0.333. The Hall–Kier alpha value is -0.455. The van der Waals surface area contributed by atoms with E-state index in [1.54, 1.807) is 0 Å². The van der Waals surface area contributed by atoms with Crippen molar-refractivity contribution >= 4 is 7.28 Å². The smallest absolute Gasteiger partial charge is 0.0895 e. The molecule has 1 saturated heterocycles. The van der Waals surface area contributed by atoms with Gasteiger partial charge in [0.2, 0.25) is 0 Å². The number of rotatable bonds is 0. The lowest BCUT2D eigenvalue weighted by atomic mass is 10.0. The molecule has 0 nitrogen and oxygen atoms in total. The van der Waals surface area contributed by atoms with E-state index in [9.17, 15) is 0 Å². The van der Waals surface area contributed by atoms with Gasteiger partial charge in [-0.25, -0.2) is 0 Å². The Balaban J connectivity index is 2.28. The predicted octanol–water partition coefficient (Wildman–Crippen LogP) is 1.41. The SMILES string of the molecule is [B]1C2C=CC=CC12. The highest BCUT2D eigenvalue weighted by Gasteiger charge is 2.34. The summed E-state index contributed by atoms with van der Waals surface area (Å²) in [5.41, 5.74) is 0. The molecule has 1 fully saturated rings. The average Bonchev–Trinajstić information content (AvgIpc) is 2.41. The Kier molecular flexibility index (Phi) is 0.520. The van der Waals surface area contributed by atoms with E-state index in [0.717, 1.165) is 11.6 Å². The molecule has 0 aromatic carbocycles. The van der Waals surface area contributed by atoms with E-state index >= 15 is 0 Å². The van der Waals surface area contributed by atoms with E-state index in [-0.39, 0.29) is 0 Å². The molecule has 1 radical (unpaired) electrons. The van der Waals surface area contributed by atoms with Crippen LogP contribution in [0.4, 0.5) is 0 Å². The van der Waals surface area contributed by atoms with Crippen LogP contribution in [-0.2, 0) is 0 Å². The highest BCUT2D eigenvalue weighted by molar-refractivity contribution is 6.55. The minimum absolute atomic E-state index is 0.810. The Morgan fingerprint density at radius 2 is 1.57 bits per heavy atom. The summed E-state index contributed by atoms with van der Waals surface area (Å²) in [5, 5.41) is 0. The Bertz CT molecular complexity index is 119. The quantitative estimate of drug-likeness (QED) is 0.393. The topological polar surface area (TPSA) is 0 Å². The monoisotopic (exact) mass is 89.1 g/mol. The van der Waals surface area contributed by atoms with Gasteiger partial charge in [-0.15, -0.1) is 0 Å². The van der Waals surface area contributed by atoms with Gasteiger partial charge in [-0.2, -0.15) is 0 Å². The summed E-state index contributed by atoms with van der Waals surface area (Å²) in [5.74, 6) is 1.62. The van der Waals surface area contributed by atoms with Crippen molar-refractivity contribution in [3.05, 3.63) is 24.3 Å². The van der Waals surface area contributed by atoms with Crippen LogP contribution in [0.3, 0.4) is 0 Å². The standard InChI is InChI=1S/C6H6B/c1-2-4-6-5(3-1)7-6/h1-6H. The first-order valence-corrected chi connectivity index (χ1v) is 2.67. The van der Waals surface area contributed by atoms with E-state index in [2.05, 4.69) is 31.6 Å². The van der Waals surface area contributed by atoms with Gasteiger partial charge in [0.05, 0.1) is 0 Å². The van der Waals surface area contributed by atoms with Crippen LogP contribution in [0.25, 0.3) is 0 Å². The van der Waals surface area contributed by atoms with E-state index in [0.29, 0.717) is 0 Å². The minimum atomic E-state index is 0.810. The van der Waals surface area contributed by atoms with E-state index in [4.69, 9.17) is 0 Å². The molecule has 33 valence electrons. The maximum absolute atomic E-state index is 2.33. The predicted molar refractivity (Wildman–Crippen MR) is 31.5 cm³/mol. The lowest BCUT2D eigenvalue weighted by Gasteiger charge is -1.89. The second kappa shape index (κ2) is 1.03. The average molecular weight is 88.9 g/mol. The molecule has 0 bridgehead atoms. The van der Waals surface area contributed by atoms with Crippen molar-refractivity contribution in [3.8, 4) is 0 Å². The van der Waals surface area contributed by atoms with Gasteiger partial charge in [0.25, 0.3) is 0 Å². The second-order valence-electron chi connectivity index (χ2n) is 2.12. The van der Waals surface area contributed by atoms with Gasteiger partial charge in [0.1, 0.15) is 7.28 Å². The normalized spacial score (nSPS) is 42.3. The molecule has 7 heavy (non-hydrogen) atoms. The highest BCUT2D eigenvalue weighted by atomic mass is 14.2. The Morgan fingerprint density at radius 3 is 2.00 bits per heavy atom. The zero-order valence-electron chi connectivity index (χ0n) is 4.04. The Labute approximate surface area is 44.2 Å². The molecule has 2 rings (SSSR count). The highest BCUT2D eigenvalue weighted by Crippen LogP contribution is 2.45. The molecule has 1 heterocycles. The third-order valence-corrected chi connectivity index (χ3v) is 1.53. The first kappa shape index (κ1) is 3.53. The summed E-state index contributed by atoms with van der Waals surface area (Å²) in [7, 11) is 2.33. The van der Waals surface area contributed by atoms with Crippen LogP contribution in [0, 0.1) is 0 Å². The number of hydrogen-bond donors (Lipinski definition) is 0. The van der Waals surface area contributed by atoms with Crippen molar-refractivity contribution < 1.29 is 0 Å². The lowest BCUT2D eigenvalue weighted by Crippen LogP contribution is -1.64. The second-order valence-corrected chi connectivity index (χ2v) is 2.12. The number of allylic oxidation sites excluding steroid dienone is 4. The molecule has 0 saturated carbocycles. The van der Waals surface area contributed by atoms with Crippen molar-refractivity contribution in [2.45, 2.75) is 11.6 Å². The number of fused-ring (bicyclic) bond motifs is 1. The van der Waals surface area contributed by atoms with Crippen molar-refractivity contribution in [2.24, 2.45) is 0 Å². The van der Waals surface area contributed by atoms with Crippen molar-refractivity contribution in [1.82, 2.24) is 0 Å². The van der Waals surface area contributed by atoms with Gasteiger partial charge in [0.15, 0.2) is 0 Å². The number of hydrogen-bond acceptors (Lipinski definition) is 0. The third kappa shape index (κ3) is 0.443. The van der Waals surface area contributed by atoms with Crippen LogP contribution < -0.4 is 0 Å². The van der Waals surface area contributed by atoms with Gasteiger partial charge >= 0.3 is 0 Å². The zero-order valence-corrected chi connectivity index (χ0v) is 4.04. The largest absolute Gasteiger partial charge is 0.127 e. The van der Waals surface area contributed by atoms with Gasteiger partial charge < -0.3 is 0 Å². The molecule has 0 N–H and O–H groups in total. The summed E-state index contributed by atoms with van der Waals surface area (Å²) in [4.78, 5) is 0. The molecular formula is C6H6B. The van der Waals surface area contributed by atoms with E-state index in [1.165, 1.54) is 0 Å². The van der Waals surface area contributed by atoms with E-state index < -0.39 is 0 Å². The van der Waals surface area contributed by atoms with Crippen molar-refractivity contribution in [2.75, 3.05) is 0 Å². The summed E-state index contributed by atoms with van der Waals surface area (Å²) in [6.45, 7) is 0. The van der Waals surface area contributed by atoms with Crippen molar-refractivity contribution in [1.29, 1.82) is 0 Å². The van der Waals surface area contributed by atoms with Crippen LogP contribution >= 0.6 is 0 Å².